The molecule has 0 bridgehead atoms. The number of hydrogen-bond acceptors (Lipinski definition) is 6. The van der Waals surface area contributed by atoms with E-state index < -0.39 is 6.04 Å². The van der Waals surface area contributed by atoms with E-state index in [0.717, 1.165) is 5.56 Å². The first kappa shape index (κ1) is 25.8. The van der Waals surface area contributed by atoms with Crippen molar-refractivity contribution in [3.8, 4) is 29.4 Å². The fraction of sp³-hybridized carbons (Fsp3) is 0.129. The minimum Gasteiger partial charge on any atom is -0.508 e. The Morgan fingerprint density at radius 2 is 1.53 bits per heavy atom. The third-order valence-corrected chi connectivity index (χ3v) is 6.24. The first-order valence-corrected chi connectivity index (χ1v) is 11.8. The molecule has 1 unspecified atom stereocenters. The summed E-state index contributed by atoms with van der Waals surface area (Å²) < 4.78 is 10.9. The number of ether oxygens (including phenoxy) is 2. The first-order chi connectivity index (χ1) is 18.5. The van der Waals surface area contributed by atoms with E-state index in [0.29, 0.717) is 40.3 Å². The van der Waals surface area contributed by atoms with Crippen molar-refractivity contribution in [1.82, 2.24) is 4.90 Å². The van der Waals surface area contributed by atoms with Crippen LogP contribution >= 0.6 is 0 Å². The first-order valence-electron chi connectivity index (χ1n) is 11.8. The average molecular weight is 504 g/mol. The van der Waals surface area contributed by atoms with Crippen LogP contribution in [-0.2, 0) is 0 Å². The lowest BCUT2D eigenvalue weighted by atomic mass is 9.89. The minimum atomic E-state index is -0.469. The maximum Gasteiger partial charge on any atom is 0.258 e. The third kappa shape index (κ3) is 5.28. The van der Waals surface area contributed by atoms with Crippen LogP contribution in [-0.4, -0.2) is 30.1 Å². The fourth-order valence-corrected chi connectivity index (χ4v) is 4.44. The number of carbonyl (C=O) groups excluding carboxylic acids is 1. The number of nitriles is 2. The lowest BCUT2D eigenvalue weighted by Crippen LogP contribution is -2.36. The molecule has 1 heterocycles. The summed E-state index contributed by atoms with van der Waals surface area (Å²) in [5.41, 5.74) is 2.92. The molecule has 188 valence electrons. The molecule has 0 aromatic heterocycles. The molecular formula is C31H25N3O4. The lowest BCUT2D eigenvalue weighted by molar-refractivity contribution is 0.0744. The molecule has 3 aromatic carbocycles. The third-order valence-electron chi connectivity index (χ3n) is 6.24. The van der Waals surface area contributed by atoms with Crippen LogP contribution < -0.4 is 9.47 Å². The molecule has 1 aliphatic heterocycles. The highest BCUT2D eigenvalue weighted by Crippen LogP contribution is 2.40. The van der Waals surface area contributed by atoms with Gasteiger partial charge in [-0.3, -0.25) is 4.79 Å². The normalized spacial score (nSPS) is 14.8. The number of hydrogen-bond donors (Lipinski definition) is 1. The molecule has 1 amide bonds. The number of phenols is 1. The van der Waals surface area contributed by atoms with Crippen molar-refractivity contribution in [3.63, 3.8) is 0 Å². The van der Waals surface area contributed by atoms with Crippen LogP contribution in [0.2, 0.25) is 0 Å². The summed E-state index contributed by atoms with van der Waals surface area (Å²) in [7, 11) is 2.96. The van der Waals surface area contributed by atoms with Crippen molar-refractivity contribution in [2.24, 2.45) is 0 Å². The fourth-order valence-electron chi connectivity index (χ4n) is 4.44. The van der Waals surface area contributed by atoms with Crippen LogP contribution in [0.3, 0.4) is 0 Å². The van der Waals surface area contributed by atoms with E-state index in [9.17, 15) is 20.4 Å². The van der Waals surface area contributed by atoms with Crippen LogP contribution in [0.4, 0.5) is 0 Å². The molecule has 0 saturated carbocycles. The molecule has 0 spiro atoms. The van der Waals surface area contributed by atoms with Gasteiger partial charge in [-0.15, -0.1) is 0 Å². The van der Waals surface area contributed by atoms with Crippen molar-refractivity contribution >= 4 is 12.0 Å². The number of carbonyl (C=O) groups is 1. The maximum absolute atomic E-state index is 13.9. The number of allylic oxidation sites excluding steroid dienone is 3. The second kappa shape index (κ2) is 11.6. The zero-order chi connectivity index (χ0) is 27.1. The highest BCUT2D eigenvalue weighted by atomic mass is 16.5. The van der Waals surface area contributed by atoms with Crippen LogP contribution in [0, 0.1) is 22.7 Å². The Bertz CT molecular complexity index is 1470. The van der Waals surface area contributed by atoms with Crippen molar-refractivity contribution in [3.05, 3.63) is 118 Å². The van der Waals surface area contributed by atoms with Gasteiger partial charge in [-0.1, -0.05) is 48.5 Å². The number of amides is 1. The smallest absolute Gasteiger partial charge is 0.258 e. The Morgan fingerprint density at radius 3 is 2.08 bits per heavy atom. The van der Waals surface area contributed by atoms with Gasteiger partial charge in [0, 0.05) is 23.4 Å². The summed E-state index contributed by atoms with van der Waals surface area (Å²) >= 11 is 0. The average Bonchev–Trinajstić information content (AvgIpc) is 2.96. The molecule has 7 heteroatoms. The van der Waals surface area contributed by atoms with E-state index in [2.05, 4.69) is 0 Å². The summed E-state index contributed by atoms with van der Waals surface area (Å²) in [6.07, 6.45) is 5.43. The zero-order valence-corrected chi connectivity index (χ0v) is 21.0. The summed E-state index contributed by atoms with van der Waals surface area (Å²) in [4.78, 5) is 15.6. The Kier molecular flexibility index (Phi) is 7.91. The Labute approximate surface area is 221 Å². The van der Waals surface area contributed by atoms with Crippen molar-refractivity contribution in [2.75, 3.05) is 14.2 Å². The van der Waals surface area contributed by atoms with Gasteiger partial charge in [0.25, 0.3) is 5.91 Å². The van der Waals surface area contributed by atoms with E-state index in [4.69, 9.17) is 9.47 Å². The predicted molar refractivity (Wildman–Crippen MR) is 143 cm³/mol. The van der Waals surface area contributed by atoms with E-state index >= 15 is 0 Å². The molecule has 1 atom stereocenters. The van der Waals surface area contributed by atoms with Crippen molar-refractivity contribution < 1.29 is 19.4 Å². The minimum absolute atomic E-state index is 0.0107. The quantitative estimate of drug-likeness (QED) is 0.418. The maximum atomic E-state index is 13.9. The second-order valence-electron chi connectivity index (χ2n) is 8.46. The van der Waals surface area contributed by atoms with Crippen LogP contribution in [0.15, 0.2) is 102 Å². The number of rotatable bonds is 6. The largest absolute Gasteiger partial charge is 0.508 e. The predicted octanol–water partition coefficient (Wildman–Crippen LogP) is 5.94. The molecule has 0 aliphatic carbocycles. The van der Waals surface area contributed by atoms with Gasteiger partial charge in [-0.05, 0) is 47.9 Å². The lowest BCUT2D eigenvalue weighted by Gasteiger charge is -2.37. The summed E-state index contributed by atoms with van der Waals surface area (Å²) in [6, 6.07) is 24.9. The standard InChI is InChI=1S/C31H25N3O4/c1-37-29-17-26(35)18-30(38-2)27(29)14-13-25-15-23(24(19-32)20-33)16-28(21-9-5-3-6-10-21)34(25)31(36)22-11-7-4-8-12-22/h3-15,17-18,28,35H,16H2,1-2H3/b14-13+. The van der Waals surface area contributed by atoms with Crippen LogP contribution in [0.1, 0.15) is 33.9 Å². The van der Waals surface area contributed by atoms with Gasteiger partial charge in [0.2, 0.25) is 0 Å². The second-order valence-corrected chi connectivity index (χ2v) is 8.46. The number of methoxy groups -OCH3 is 2. The summed E-state index contributed by atoms with van der Waals surface area (Å²) in [5, 5.41) is 29.3. The van der Waals surface area contributed by atoms with E-state index in [1.807, 2.05) is 48.5 Å². The highest BCUT2D eigenvalue weighted by Gasteiger charge is 2.33. The molecule has 4 rings (SSSR count). The van der Waals surface area contributed by atoms with Crippen LogP contribution in [0.25, 0.3) is 6.08 Å². The van der Waals surface area contributed by atoms with E-state index in [1.54, 1.807) is 47.4 Å². The monoisotopic (exact) mass is 503 g/mol. The summed E-state index contributed by atoms with van der Waals surface area (Å²) in [5.74, 6) is 0.506. The number of nitrogens with zero attached hydrogens (tertiary/aromatic N) is 3. The van der Waals surface area contributed by atoms with Gasteiger partial charge in [0.05, 0.1) is 25.8 Å². The zero-order valence-electron chi connectivity index (χ0n) is 21.0. The molecule has 0 fully saturated rings. The summed E-state index contributed by atoms with van der Waals surface area (Å²) in [6.45, 7) is 0. The Balaban J connectivity index is 1.94. The van der Waals surface area contributed by atoms with Gasteiger partial charge in [-0.2, -0.15) is 10.5 Å². The molecular weight excluding hydrogens is 478 g/mol. The molecule has 0 radical (unpaired) electrons. The molecule has 1 aliphatic rings. The molecule has 7 nitrogen and oxygen atoms in total. The SMILES string of the molecule is COc1cc(O)cc(OC)c1/C=C/C1=CC(=C(C#N)C#N)CC(c2ccccc2)N1C(=O)c1ccccc1. The van der Waals surface area contributed by atoms with Crippen molar-refractivity contribution in [2.45, 2.75) is 12.5 Å². The number of phenolic OH excluding ortho intramolecular Hbond substituents is 1. The molecule has 0 saturated heterocycles. The topological polar surface area (TPSA) is 107 Å². The van der Waals surface area contributed by atoms with Gasteiger partial charge < -0.3 is 19.5 Å². The van der Waals surface area contributed by atoms with Gasteiger partial charge >= 0.3 is 0 Å². The van der Waals surface area contributed by atoms with E-state index in [-0.39, 0.29) is 17.2 Å². The van der Waals surface area contributed by atoms with Crippen molar-refractivity contribution in [1.29, 1.82) is 10.5 Å². The molecule has 1 N–H and O–H groups in total. The van der Waals surface area contributed by atoms with Gasteiger partial charge in [0.15, 0.2) is 0 Å². The Morgan fingerprint density at radius 1 is 0.947 bits per heavy atom. The Hall–Kier alpha value is -5.27. The van der Waals surface area contributed by atoms with Gasteiger partial charge in [-0.25, -0.2) is 0 Å². The number of benzene rings is 3. The molecule has 38 heavy (non-hydrogen) atoms. The number of aromatic hydroxyl groups is 1. The van der Waals surface area contributed by atoms with Crippen LogP contribution in [0.5, 0.6) is 17.2 Å². The van der Waals surface area contributed by atoms with Gasteiger partial charge in [0.1, 0.15) is 35.0 Å². The molecule has 3 aromatic rings. The van der Waals surface area contributed by atoms with E-state index in [1.165, 1.54) is 26.4 Å². The highest BCUT2D eigenvalue weighted by molar-refractivity contribution is 5.96.